The first-order valence-corrected chi connectivity index (χ1v) is 12.4. The van der Waals surface area contributed by atoms with Crippen molar-refractivity contribution < 1.29 is 28.6 Å². The lowest BCUT2D eigenvalue weighted by molar-refractivity contribution is -0.193. The van der Waals surface area contributed by atoms with Gasteiger partial charge in [0.2, 0.25) is 0 Å². The molecule has 4 aliphatic rings. The fourth-order valence-electron chi connectivity index (χ4n) is 7.53. The summed E-state index contributed by atoms with van der Waals surface area (Å²) in [5.74, 6) is -0.156. The summed E-state index contributed by atoms with van der Waals surface area (Å²) in [6, 6.07) is 0. The lowest BCUT2D eigenvalue weighted by Gasteiger charge is -2.61. The molecule has 4 rings (SSSR count). The number of fused-ring (bicyclic) bond motifs is 3. The van der Waals surface area contributed by atoms with Crippen LogP contribution in [0.5, 0.6) is 0 Å². The van der Waals surface area contributed by atoms with Crippen molar-refractivity contribution >= 4 is 17.9 Å². The van der Waals surface area contributed by atoms with Gasteiger partial charge in [-0.1, -0.05) is 33.3 Å². The highest BCUT2D eigenvalue weighted by molar-refractivity contribution is 5.89. The summed E-state index contributed by atoms with van der Waals surface area (Å²) in [4.78, 5) is 36.3. The van der Waals surface area contributed by atoms with Crippen LogP contribution in [0.25, 0.3) is 0 Å². The zero-order valence-corrected chi connectivity index (χ0v) is 20.7. The molecular formula is C27H38O6. The largest absolute Gasteiger partial charge is 0.458 e. The number of ether oxygens (including phenoxy) is 3. The first kappa shape index (κ1) is 24.0. The first-order valence-electron chi connectivity index (χ1n) is 12.4. The van der Waals surface area contributed by atoms with Crippen molar-refractivity contribution in [3.05, 3.63) is 23.3 Å². The van der Waals surface area contributed by atoms with Gasteiger partial charge in [0.15, 0.2) is 0 Å². The van der Waals surface area contributed by atoms with Gasteiger partial charge in [-0.2, -0.15) is 0 Å². The van der Waals surface area contributed by atoms with Gasteiger partial charge in [-0.05, 0) is 62.2 Å². The van der Waals surface area contributed by atoms with Crippen LogP contribution in [0.4, 0.5) is 0 Å². The highest BCUT2D eigenvalue weighted by Crippen LogP contribution is 2.64. The quantitative estimate of drug-likeness (QED) is 0.333. The molecule has 33 heavy (non-hydrogen) atoms. The monoisotopic (exact) mass is 458 g/mol. The summed E-state index contributed by atoms with van der Waals surface area (Å²) < 4.78 is 16.7. The second-order valence-electron chi connectivity index (χ2n) is 11.6. The fourth-order valence-corrected chi connectivity index (χ4v) is 7.53. The van der Waals surface area contributed by atoms with E-state index in [1.165, 1.54) is 32.3 Å². The Labute approximate surface area is 197 Å². The summed E-state index contributed by atoms with van der Waals surface area (Å²) in [5, 5.41) is 0. The third-order valence-corrected chi connectivity index (χ3v) is 9.01. The Kier molecular flexibility index (Phi) is 6.25. The van der Waals surface area contributed by atoms with Gasteiger partial charge in [-0.3, -0.25) is 4.79 Å². The minimum atomic E-state index is -0.614. The Hall–Kier alpha value is -2.11. The smallest absolute Gasteiger partial charge is 0.334 e. The SMILES string of the molecule is CC(=O)OC(CC=C1CCC2C(C)(CCC3C(C)(C)CCCC32C)OC1=O)C1=CC(=O)OC1. The number of carbonyl (C=O) groups is 3. The van der Waals surface area contributed by atoms with Crippen LogP contribution in [0.2, 0.25) is 0 Å². The van der Waals surface area contributed by atoms with Crippen molar-refractivity contribution in [1.29, 1.82) is 0 Å². The summed E-state index contributed by atoms with van der Waals surface area (Å²) in [5.41, 5.74) is 1.29. The summed E-state index contributed by atoms with van der Waals surface area (Å²) in [7, 11) is 0. The molecule has 5 atom stereocenters. The van der Waals surface area contributed by atoms with Gasteiger partial charge in [0.05, 0.1) is 0 Å². The number of hydrogen-bond donors (Lipinski definition) is 0. The maximum absolute atomic E-state index is 13.2. The van der Waals surface area contributed by atoms with Gasteiger partial charge in [0.1, 0.15) is 18.3 Å². The summed E-state index contributed by atoms with van der Waals surface area (Å²) in [6.07, 6.45) is 10.2. The molecule has 0 bridgehead atoms. The molecule has 0 aromatic heterocycles. The minimum Gasteiger partial charge on any atom is -0.458 e. The lowest BCUT2D eigenvalue weighted by Crippen LogP contribution is -2.58. The van der Waals surface area contributed by atoms with Crippen molar-refractivity contribution in [2.75, 3.05) is 6.61 Å². The molecule has 0 radical (unpaired) electrons. The molecule has 5 unspecified atom stereocenters. The Bertz CT molecular complexity index is 898. The van der Waals surface area contributed by atoms with E-state index in [0.717, 1.165) is 19.3 Å². The number of cyclic esters (lactones) is 1. The van der Waals surface area contributed by atoms with Gasteiger partial charge in [0, 0.05) is 36.5 Å². The van der Waals surface area contributed by atoms with Crippen LogP contribution in [0.15, 0.2) is 23.3 Å². The van der Waals surface area contributed by atoms with Crippen molar-refractivity contribution in [1.82, 2.24) is 0 Å². The Morgan fingerprint density at radius 1 is 1.15 bits per heavy atom. The maximum atomic E-state index is 13.2. The lowest BCUT2D eigenvalue weighted by atomic mass is 9.45. The predicted molar refractivity (Wildman–Crippen MR) is 123 cm³/mol. The maximum Gasteiger partial charge on any atom is 0.334 e. The molecule has 2 aliphatic heterocycles. The first-order chi connectivity index (χ1) is 15.4. The molecule has 3 fully saturated rings. The third kappa shape index (κ3) is 4.50. The van der Waals surface area contributed by atoms with Crippen molar-refractivity contribution in [2.24, 2.45) is 22.7 Å². The number of carbonyl (C=O) groups excluding carboxylic acids is 3. The van der Waals surface area contributed by atoms with E-state index < -0.39 is 23.6 Å². The van der Waals surface area contributed by atoms with Gasteiger partial charge in [-0.25, -0.2) is 9.59 Å². The van der Waals surface area contributed by atoms with Crippen LogP contribution in [0, 0.1) is 22.7 Å². The van der Waals surface area contributed by atoms with Gasteiger partial charge < -0.3 is 14.2 Å². The van der Waals surface area contributed by atoms with Crippen LogP contribution in [-0.2, 0) is 28.6 Å². The molecule has 182 valence electrons. The van der Waals surface area contributed by atoms with Crippen LogP contribution >= 0.6 is 0 Å². The Morgan fingerprint density at radius 3 is 2.58 bits per heavy atom. The molecule has 2 heterocycles. The van der Waals surface area contributed by atoms with Crippen LogP contribution in [-0.4, -0.2) is 36.2 Å². The number of rotatable bonds is 4. The molecule has 6 heteroatoms. The zero-order chi connectivity index (χ0) is 24.0. The van der Waals surface area contributed by atoms with E-state index in [4.69, 9.17) is 14.2 Å². The average molecular weight is 459 g/mol. The summed E-state index contributed by atoms with van der Waals surface area (Å²) in [6.45, 7) is 10.8. The average Bonchev–Trinajstić information content (AvgIpc) is 3.07. The highest BCUT2D eigenvalue weighted by atomic mass is 16.6. The standard InChI is InChI=1S/C27H38O6/c1-17(28)32-20(19-15-23(29)31-16-19)9-7-18-8-10-22-26(4)13-6-12-25(2,3)21(26)11-14-27(22,5)33-24(18)30/h7,15,20-22H,6,8-14,16H2,1-5H3. The minimum absolute atomic E-state index is 0.111. The van der Waals surface area contributed by atoms with Crippen LogP contribution < -0.4 is 0 Å². The van der Waals surface area contributed by atoms with Gasteiger partial charge in [0.25, 0.3) is 0 Å². The van der Waals surface area contributed by atoms with Crippen LogP contribution in [0.3, 0.4) is 0 Å². The second-order valence-corrected chi connectivity index (χ2v) is 11.6. The third-order valence-electron chi connectivity index (χ3n) is 9.01. The van der Waals surface area contributed by atoms with E-state index in [-0.39, 0.29) is 18.0 Å². The molecule has 6 nitrogen and oxygen atoms in total. The van der Waals surface area contributed by atoms with Gasteiger partial charge >= 0.3 is 17.9 Å². The van der Waals surface area contributed by atoms with E-state index in [1.807, 2.05) is 6.08 Å². The molecule has 1 saturated heterocycles. The van der Waals surface area contributed by atoms with Gasteiger partial charge in [-0.15, -0.1) is 0 Å². The zero-order valence-electron chi connectivity index (χ0n) is 20.7. The topological polar surface area (TPSA) is 78.9 Å². The number of esters is 3. The molecule has 2 saturated carbocycles. The fraction of sp³-hybridized carbons (Fsp3) is 0.741. The van der Waals surface area contributed by atoms with Crippen molar-refractivity contribution in [2.45, 2.75) is 97.7 Å². The molecule has 0 aromatic rings. The predicted octanol–water partition coefficient (Wildman–Crippen LogP) is 5.06. The van der Waals surface area contributed by atoms with E-state index >= 15 is 0 Å². The molecular weight excluding hydrogens is 420 g/mol. The molecule has 0 N–H and O–H groups in total. The van der Waals surface area contributed by atoms with E-state index in [2.05, 4.69) is 27.7 Å². The van der Waals surface area contributed by atoms with E-state index in [1.54, 1.807) is 0 Å². The molecule has 0 spiro atoms. The van der Waals surface area contributed by atoms with Crippen molar-refractivity contribution in [3.8, 4) is 0 Å². The molecule has 2 aliphatic carbocycles. The van der Waals surface area contributed by atoms with Crippen LogP contribution in [0.1, 0.15) is 86.0 Å². The summed E-state index contributed by atoms with van der Waals surface area (Å²) >= 11 is 0. The highest BCUT2D eigenvalue weighted by Gasteiger charge is 2.60. The molecule has 0 aromatic carbocycles. The van der Waals surface area contributed by atoms with Crippen molar-refractivity contribution in [3.63, 3.8) is 0 Å². The Morgan fingerprint density at radius 2 is 1.91 bits per heavy atom. The number of hydrogen-bond acceptors (Lipinski definition) is 6. The van der Waals surface area contributed by atoms with E-state index in [9.17, 15) is 14.4 Å². The normalized spacial score (nSPS) is 37.7. The van der Waals surface area contributed by atoms with E-state index in [0.29, 0.717) is 41.2 Å². The Balaban J connectivity index is 1.56. The second kappa shape index (κ2) is 8.59. The molecule has 0 amide bonds.